The first-order valence-corrected chi connectivity index (χ1v) is 6.07. The Bertz CT molecular complexity index is 578. The molecule has 0 spiro atoms. The first-order valence-electron chi connectivity index (χ1n) is 6.07. The summed E-state index contributed by atoms with van der Waals surface area (Å²) in [7, 11) is 0. The standard InChI is InChI=1S/C14H13NO4/c1-14(2)9-10(14)12(17)15(11(9)16)8-5-3-7(4-6-8)13(18)19/h3-6,9-10H,1-2H3,(H,18,19)/t9-,10-/m0/s1. The molecule has 0 aromatic heterocycles. The highest BCUT2D eigenvalue weighted by Gasteiger charge is 2.72. The van der Waals surface area contributed by atoms with E-state index in [1.54, 1.807) is 0 Å². The molecule has 2 atom stereocenters. The van der Waals surface area contributed by atoms with Gasteiger partial charge in [-0.1, -0.05) is 13.8 Å². The van der Waals surface area contributed by atoms with Crippen molar-refractivity contribution in [3.05, 3.63) is 29.8 Å². The fourth-order valence-corrected chi connectivity index (χ4v) is 2.95. The summed E-state index contributed by atoms with van der Waals surface area (Å²) in [4.78, 5) is 36.3. The number of benzene rings is 1. The van der Waals surface area contributed by atoms with Gasteiger partial charge >= 0.3 is 5.97 Å². The zero-order chi connectivity index (χ0) is 13.9. The number of fused-ring (bicyclic) bond motifs is 1. The fraction of sp³-hybridized carbons (Fsp3) is 0.357. The smallest absolute Gasteiger partial charge is 0.335 e. The highest BCUT2D eigenvalue weighted by Crippen LogP contribution is 2.63. The van der Waals surface area contributed by atoms with Crippen molar-refractivity contribution in [2.75, 3.05) is 4.90 Å². The molecule has 98 valence electrons. The van der Waals surface area contributed by atoms with Gasteiger partial charge in [0.1, 0.15) is 0 Å². The van der Waals surface area contributed by atoms with Crippen LogP contribution in [0.3, 0.4) is 0 Å². The molecule has 1 aromatic rings. The van der Waals surface area contributed by atoms with Gasteiger partial charge in [0.15, 0.2) is 0 Å². The van der Waals surface area contributed by atoms with Crippen LogP contribution in [0.25, 0.3) is 0 Å². The highest BCUT2D eigenvalue weighted by atomic mass is 16.4. The lowest BCUT2D eigenvalue weighted by Crippen LogP contribution is -2.36. The van der Waals surface area contributed by atoms with Gasteiger partial charge in [-0.25, -0.2) is 4.79 Å². The van der Waals surface area contributed by atoms with E-state index in [0.29, 0.717) is 5.69 Å². The second kappa shape index (κ2) is 3.44. The largest absolute Gasteiger partial charge is 0.478 e. The van der Waals surface area contributed by atoms with Gasteiger partial charge < -0.3 is 5.11 Å². The second-order valence-corrected chi connectivity index (χ2v) is 5.64. The summed E-state index contributed by atoms with van der Waals surface area (Å²) in [6, 6.07) is 5.79. The number of nitrogens with zero attached hydrogens (tertiary/aromatic N) is 1. The van der Waals surface area contributed by atoms with Crippen LogP contribution in [-0.4, -0.2) is 22.9 Å². The lowest BCUT2D eigenvalue weighted by atomic mass is 10.0. The van der Waals surface area contributed by atoms with E-state index in [2.05, 4.69) is 0 Å². The number of hydrogen-bond acceptors (Lipinski definition) is 3. The van der Waals surface area contributed by atoms with Gasteiger partial charge in [-0.3, -0.25) is 14.5 Å². The Labute approximate surface area is 109 Å². The van der Waals surface area contributed by atoms with Crippen molar-refractivity contribution < 1.29 is 19.5 Å². The van der Waals surface area contributed by atoms with Gasteiger partial charge in [0.05, 0.1) is 23.1 Å². The van der Waals surface area contributed by atoms with Gasteiger partial charge in [-0.05, 0) is 29.7 Å². The summed E-state index contributed by atoms with van der Waals surface area (Å²) in [6.07, 6.45) is 0. The Morgan fingerprint density at radius 2 is 1.58 bits per heavy atom. The number of carboxylic acids is 1. The highest BCUT2D eigenvalue weighted by molar-refractivity contribution is 6.25. The van der Waals surface area contributed by atoms with Crippen molar-refractivity contribution >= 4 is 23.5 Å². The zero-order valence-electron chi connectivity index (χ0n) is 10.6. The van der Waals surface area contributed by atoms with Gasteiger partial charge in [-0.2, -0.15) is 0 Å². The first-order chi connectivity index (χ1) is 8.85. The number of carbonyl (C=O) groups excluding carboxylic acids is 2. The van der Waals surface area contributed by atoms with E-state index < -0.39 is 5.97 Å². The maximum absolute atomic E-state index is 12.2. The molecule has 0 radical (unpaired) electrons. The molecule has 5 heteroatoms. The van der Waals surface area contributed by atoms with Crippen molar-refractivity contribution in [3.63, 3.8) is 0 Å². The summed E-state index contributed by atoms with van der Waals surface area (Å²) >= 11 is 0. The Kier molecular flexibility index (Phi) is 2.15. The van der Waals surface area contributed by atoms with E-state index in [1.165, 1.54) is 29.2 Å². The van der Waals surface area contributed by atoms with Crippen LogP contribution in [0.4, 0.5) is 5.69 Å². The molecule has 1 aliphatic carbocycles. The van der Waals surface area contributed by atoms with Crippen LogP contribution in [0.5, 0.6) is 0 Å². The molecular weight excluding hydrogens is 246 g/mol. The predicted molar refractivity (Wildman–Crippen MR) is 66.7 cm³/mol. The number of carboxylic acid groups (broad SMARTS) is 1. The van der Waals surface area contributed by atoms with E-state index in [4.69, 9.17) is 5.11 Å². The SMILES string of the molecule is CC1(C)[C@@H]2C(=O)N(c3ccc(C(=O)O)cc3)C(=O)[C@H]21. The number of anilines is 1. The van der Waals surface area contributed by atoms with E-state index in [0.717, 1.165) is 0 Å². The van der Waals surface area contributed by atoms with Gasteiger partial charge in [0.25, 0.3) is 0 Å². The summed E-state index contributed by atoms with van der Waals surface area (Å²) < 4.78 is 0. The molecule has 1 aromatic carbocycles. The average molecular weight is 259 g/mol. The summed E-state index contributed by atoms with van der Waals surface area (Å²) in [5.41, 5.74) is 0.349. The van der Waals surface area contributed by atoms with Gasteiger partial charge in [-0.15, -0.1) is 0 Å². The molecule has 1 saturated heterocycles. The van der Waals surface area contributed by atoms with E-state index in [-0.39, 0.29) is 34.6 Å². The molecule has 2 fully saturated rings. The third-order valence-electron chi connectivity index (χ3n) is 4.17. The Morgan fingerprint density at radius 3 is 2.00 bits per heavy atom. The third-order valence-corrected chi connectivity index (χ3v) is 4.17. The van der Waals surface area contributed by atoms with Crippen LogP contribution >= 0.6 is 0 Å². The lowest BCUT2D eigenvalue weighted by molar-refractivity contribution is -0.125. The van der Waals surface area contributed by atoms with E-state index in [9.17, 15) is 14.4 Å². The molecule has 1 saturated carbocycles. The Morgan fingerprint density at radius 1 is 1.11 bits per heavy atom. The van der Waals surface area contributed by atoms with Crippen LogP contribution < -0.4 is 4.90 Å². The Hall–Kier alpha value is -2.17. The topological polar surface area (TPSA) is 74.7 Å². The van der Waals surface area contributed by atoms with Gasteiger partial charge in [0, 0.05) is 0 Å². The average Bonchev–Trinajstić information content (AvgIpc) is 2.80. The normalized spacial score (nSPS) is 27.4. The number of aromatic carboxylic acids is 1. The van der Waals surface area contributed by atoms with Crippen molar-refractivity contribution in [1.29, 1.82) is 0 Å². The molecule has 1 heterocycles. The number of amides is 2. The first kappa shape index (κ1) is 11.9. The second-order valence-electron chi connectivity index (χ2n) is 5.64. The van der Waals surface area contributed by atoms with E-state index in [1.807, 2.05) is 13.8 Å². The minimum absolute atomic E-state index is 0.133. The number of carbonyl (C=O) groups is 3. The summed E-state index contributed by atoms with van der Waals surface area (Å²) in [6.45, 7) is 3.84. The third kappa shape index (κ3) is 1.44. The molecule has 5 nitrogen and oxygen atoms in total. The lowest BCUT2D eigenvalue weighted by Gasteiger charge is -2.20. The number of hydrogen-bond donors (Lipinski definition) is 1. The molecule has 2 aliphatic rings. The molecule has 3 rings (SSSR count). The number of rotatable bonds is 2. The quantitative estimate of drug-likeness (QED) is 0.817. The molecular formula is C14H13NO4. The predicted octanol–water partition coefficient (Wildman–Crippen LogP) is 1.53. The summed E-state index contributed by atoms with van der Waals surface area (Å²) in [5.74, 6) is -1.83. The minimum atomic E-state index is -1.03. The maximum Gasteiger partial charge on any atom is 0.335 e. The van der Waals surface area contributed by atoms with Gasteiger partial charge in [0.2, 0.25) is 11.8 Å². The fourth-order valence-electron chi connectivity index (χ4n) is 2.95. The molecule has 0 bridgehead atoms. The zero-order valence-corrected chi connectivity index (χ0v) is 10.6. The van der Waals surface area contributed by atoms with Crippen LogP contribution in [0, 0.1) is 17.3 Å². The molecule has 1 aliphatic heterocycles. The molecule has 2 amide bonds. The maximum atomic E-state index is 12.2. The van der Waals surface area contributed by atoms with Crippen LogP contribution in [0.1, 0.15) is 24.2 Å². The number of imide groups is 1. The van der Waals surface area contributed by atoms with Crippen molar-refractivity contribution in [3.8, 4) is 0 Å². The molecule has 0 unspecified atom stereocenters. The van der Waals surface area contributed by atoms with Crippen molar-refractivity contribution in [2.24, 2.45) is 17.3 Å². The van der Waals surface area contributed by atoms with Crippen molar-refractivity contribution in [1.82, 2.24) is 0 Å². The monoisotopic (exact) mass is 259 g/mol. The number of piperidine rings is 1. The van der Waals surface area contributed by atoms with E-state index >= 15 is 0 Å². The van der Waals surface area contributed by atoms with Crippen LogP contribution in [0.15, 0.2) is 24.3 Å². The minimum Gasteiger partial charge on any atom is -0.478 e. The Balaban J connectivity index is 1.91. The molecule has 1 N–H and O–H groups in total. The summed E-state index contributed by atoms with van der Waals surface area (Å²) in [5, 5.41) is 8.82. The molecule has 19 heavy (non-hydrogen) atoms. The van der Waals surface area contributed by atoms with Crippen molar-refractivity contribution in [2.45, 2.75) is 13.8 Å². The van der Waals surface area contributed by atoms with Crippen LogP contribution in [0.2, 0.25) is 0 Å². The van der Waals surface area contributed by atoms with Crippen LogP contribution in [-0.2, 0) is 9.59 Å².